The van der Waals surface area contributed by atoms with Gasteiger partial charge in [-0.1, -0.05) is 6.07 Å². The maximum absolute atomic E-state index is 13.6. The number of carbonyl (C=O) groups is 1. The number of hydrogen-bond donors (Lipinski definition) is 0. The number of rotatable bonds is 9. The fourth-order valence-corrected chi connectivity index (χ4v) is 5.71. The number of benzene rings is 1. The van der Waals surface area contributed by atoms with Gasteiger partial charge in [-0.05, 0) is 51.0 Å². The number of amides is 1. The summed E-state index contributed by atoms with van der Waals surface area (Å²) < 4.78 is 45.4. The number of nitrogens with zero attached hydrogens (tertiary/aromatic N) is 5. The van der Waals surface area contributed by atoms with Crippen LogP contribution in [0.15, 0.2) is 41.0 Å². The summed E-state index contributed by atoms with van der Waals surface area (Å²) in [6, 6.07) is 10.7. The fraction of sp³-hybridized carbons (Fsp3) is 0.440. The Morgan fingerprint density at radius 3 is 2.49 bits per heavy atom. The predicted octanol–water partition coefficient (Wildman–Crippen LogP) is 3.14. The monoisotopic (exact) mass is 527 g/mol. The summed E-state index contributed by atoms with van der Waals surface area (Å²) in [4.78, 5) is 14.0. The Balaban J connectivity index is 1.75. The Kier molecular flexibility index (Phi) is 7.27. The molecule has 0 aliphatic carbocycles. The van der Waals surface area contributed by atoms with Gasteiger partial charge in [-0.25, -0.2) is 8.42 Å². The molecule has 1 saturated heterocycles. The topological polar surface area (TPSA) is 141 Å². The molecular formula is C25H29N5O6S. The molecule has 4 rings (SSSR count). The lowest BCUT2D eigenvalue weighted by molar-refractivity contribution is -0.138. The number of sulfone groups is 1. The van der Waals surface area contributed by atoms with Crippen molar-refractivity contribution in [1.82, 2.24) is 19.7 Å². The van der Waals surface area contributed by atoms with Crippen LogP contribution in [0.1, 0.15) is 38.9 Å². The molecular weight excluding hydrogens is 498 g/mol. The van der Waals surface area contributed by atoms with E-state index in [1.807, 2.05) is 0 Å². The van der Waals surface area contributed by atoms with E-state index in [1.165, 1.54) is 32.3 Å². The number of likely N-dealkylation sites (tertiary alicyclic amines) is 1. The van der Waals surface area contributed by atoms with Crippen LogP contribution >= 0.6 is 0 Å². The maximum Gasteiger partial charge on any atom is 0.223 e. The van der Waals surface area contributed by atoms with E-state index < -0.39 is 26.4 Å². The minimum atomic E-state index is -3.86. The Hall–Kier alpha value is -3.85. The summed E-state index contributed by atoms with van der Waals surface area (Å²) in [5, 5.41) is 17.2. The first-order valence-electron chi connectivity index (χ1n) is 11.8. The highest BCUT2D eigenvalue weighted by Crippen LogP contribution is 2.37. The van der Waals surface area contributed by atoms with E-state index in [0.29, 0.717) is 42.2 Å². The van der Waals surface area contributed by atoms with Gasteiger partial charge in [0.15, 0.2) is 21.4 Å². The smallest absolute Gasteiger partial charge is 0.223 e. The summed E-state index contributed by atoms with van der Waals surface area (Å²) in [7, 11) is -0.867. The van der Waals surface area contributed by atoms with E-state index in [0.717, 1.165) is 0 Å². The zero-order valence-electron chi connectivity index (χ0n) is 21.2. The van der Waals surface area contributed by atoms with Crippen molar-refractivity contribution in [3.05, 3.63) is 42.4 Å². The Labute approximate surface area is 215 Å². The van der Waals surface area contributed by atoms with Crippen LogP contribution in [0, 0.1) is 11.3 Å². The van der Waals surface area contributed by atoms with Gasteiger partial charge >= 0.3 is 0 Å². The van der Waals surface area contributed by atoms with Gasteiger partial charge in [-0.15, -0.1) is 10.2 Å². The van der Waals surface area contributed by atoms with Gasteiger partial charge in [0.25, 0.3) is 0 Å². The molecule has 2 aromatic heterocycles. The average molecular weight is 528 g/mol. The summed E-state index contributed by atoms with van der Waals surface area (Å²) in [6.07, 6.45) is 2.86. The van der Waals surface area contributed by atoms with E-state index in [-0.39, 0.29) is 24.1 Å². The minimum absolute atomic E-state index is 0.0949. The normalized spacial score (nSPS) is 18.9. The quantitative estimate of drug-likeness (QED) is 0.410. The van der Waals surface area contributed by atoms with Crippen LogP contribution in [0.3, 0.4) is 0 Å². The van der Waals surface area contributed by atoms with Crippen LogP contribution < -0.4 is 9.47 Å². The molecule has 0 N–H and O–H groups in total. The van der Waals surface area contributed by atoms with Crippen LogP contribution in [0.4, 0.5) is 0 Å². The van der Waals surface area contributed by atoms with Crippen molar-refractivity contribution in [2.75, 3.05) is 20.8 Å². The molecule has 11 nitrogen and oxygen atoms in total. The molecule has 0 radical (unpaired) electrons. The largest absolute Gasteiger partial charge is 0.494 e. The van der Waals surface area contributed by atoms with Crippen molar-refractivity contribution in [2.24, 2.45) is 0 Å². The third kappa shape index (κ3) is 4.91. The first-order valence-corrected chi connectivity index (χ1v) is 13.5. The standard InChI is InChI=1S/C25H29N5O6S/c1-17(14-29-22(31)11-6-12-25(29,2)16-26)37(32,33)15-21-27-28-24(20-10-7-13-36-20)30(21)23-18(34-3)8-5-9-19(23)35-4/h5,7-10,13,17H,6,11-12,14-15H2,1-4H3/t17-,25-/m1/s1. The van der Waals surface area contributed by atoms with Crippen molar-refractivity contribution in [3.63, 3.8) is 0 Å². The number of nitriles is 1. The second-order valence-electron chi connectivity index (χ2n) is 9.13. The van der Waals surface area contributed by atoms with E-state index in [4.69, 9.17) is 13.9 Å². The first kappa shape index (κ1) is 26.2. The molecule has 3 heterocycles. The van der Waals surface area contributed by atoms with Crippen molar-refractivity contribution < 1.29 is 27.1 Å². The number of ether oxygens (including phenoxy) is 2. The predicted molar refractivity (Wildman–Crippen MR) is 134 cm³/mol. The average Bonchev–Trinajstić information content (AvgIpc) is 3.55. The molecule has 0 unspecified atom stereocenters. The second-order valence-corrected chi connectivity index (χ2v) is 11.5. The van der Waals surface area contributed by atoms with Crippen molar-refractivity contribution in [3.8, 4) is 34.8 Å². The van der Waals surface area contributed by atoms with Crippen LogP contribution in [-0.4, -0.2) is 65.5 Å². The molecule has 1 aromatic carbocycles. The van der Waals surface area contributed by atoms with E-state index >= 15 is 0 Å². The van der Waals surface area contributed by atoms with Gasteiger partial charge in [-0.3, -0.25) is 9.36 Å². The molecule has 12 heteroatoms. The Bertz CT molecular complexity index is 1400. The number of piperidine rings is 1. The zero-order chi connectivity index (χ0) is 26.8. The third-order valence-electron chi connectivity index (χ3n) is 6.67. The van der Waals surface area contributed by atoms with Gasteiger partial charge in [0.05, 0.1) is 31.8 Å². The highest BCUT2D eigenvalue weighted by atomic mass is 32.2. The van der Waals surface area contributed by atoms with Gasteiger partial charge in [0.1, 0.15) is 28.5 Å². The number of carbonyl (C=O) groups excluding carboxylic acids is 1. The third-order valence-corrected chi connectivity index (χ3v) is 8.71. The molecule has 1 aliphatic heterocycles. The van der Waals surface area contributed by atoms with Crippen molar-refractivity contribution in [1.29, 1.82) is 5.26 Å². The molecule has 196 valence electrons. The van der Waals surface area contributed by atoms with E-state index in [9.17, 15) is 18.5 Å². The van der Waals surface area contributed by atoms with Crippen LogP contribution in [-0.2, 0) is 20.4 Å². The Morgan fingerprint density at radius 1 is 1.19 bits per heavy atom. The molecule has 0 saturated carbocycles. The summed E-state index contributed by atoms with van der Waals surface area (Å²) in [6.45, 7) is 3.11. The summed E-state index contributed by atoms with van der Waals surface area (Å²) >= 11 is 0. The van der Waals surface area contributed by atoms with Crippen LogP contribution in [0.25, 0.3) is 17.3 Å². The summed E-state index contributed by atoms with van der Waals surface area (Å²) in [5.74, 6) is 0.905. The minimum Gasteiger partial charge on any atom is -0.494 e. The van der Waals surface area contributed by atoms with Gasteiger partial charge < -0.3 is 18.8 Å². The molecule has 3 aromatic rings. The lowest BCUT2D eigenvalue weighted by Crippen LogP contribution is -2.54. The first-order chi connectivity index (χ1) is 17.6. The Morgan fingerprint density at radius 2 is 1.89 bits per heavy atom. The van der Waals surface area contributed by atoms with Gasteiger partial charge in [0.2, 0.25) is 11.7 Å². The molecule has 1 amide bonds. The fourth-order valence-electron chi connectivity index (χ4n) is 4.50. The number of aromatic nitrogens is 3. The number of para-hydroxylation sites is 1. The maximum atomic E-state index is 13.6. The molecule has 0 spiro atoms. The molecule has 1 aliphatic rings. The van der Waals surface area contributed by atoms with E-state index in [1.54, 1.807) is 41.8 Å². The van der Waals surface area contributed by atoms with Gasteiger partial charge in [-0.2, -0.15) is 5.26 Å². The highest BCUT2D eigenvalue weighted by molar-refractivity contribution is 7.91. The number of furan rings is 1. The van der Waals surface area contributed by atoms with Crippen molar-refractivity contribution in [2.45, 2.75) is 49.7 Å². The van der Waals surface area contributed by atoms with E-state index in [2.05, 4.69) is 16.3 Å². The highest BCUT2D eigenvalue weighted by Gasteiger charge is 2.41. The summed E-state index contributed by atoms with van der Waals surface area (Å²) in [5.41, 5.74) is -0.624. The zero-order valence-corrected chi connectivity index (χ0v) is 22.0. The van der Waals surface area contributed by atoms with Gasteiger partial charge in [0, 0.05) is 13.0 Å². The van der Waals surface area contributed by atoms with Crippen LogP contribution in [0.2, 0.25) is 0 Å². The second kappa shape index (κ2) is 10.3. The van der Waals surface area contributed by atoms with Crippen molar-refractivity contribution >= 4 is 15.7 Å². The molecule has 37 heavy (non-hydrogen) atoms. The SMILES string of the molecule is COc1cccc(OC)c1-n1c(CS(=O)(=O)[C@H](C)CN2C(=O)CCC[C@]2(C)C#N)nnc1-c1ccco1. The molecule has 2 atom stereocenters. The lowest BCUT2D eigenvalue weighted by atomic mass is 9.89. The lowest BCUT2D eigenvalue weighted by Gasteiger charge is -2.41. The number of methoxy groups -OCH3 is 2. The number of hydrogen-bond acceptors (Lipinski definition) is 9. The van der Waals surface area contributed by atoms with Crippen LogP contribution in [0.5, 0.6) is 11.5 Å². The molecule has 1 fully saturated rings. The molecule has 0 bridgehead atoms.